The molecule has 1 aromatic carbocycles. The Morgan fingerprint density at radius 3 is 2.80 bits per heavy atom. The number of aryl methyl sites for hydroxylation is 1. The lowest BCUT2D eigenvalue weighted by Crippen LogP contribution is -2.35. The molecule has 0 bridgehead atoms. The molecule has 0 aliphatic carbocycles. The van der Waals surface area contributed by atoms with Gasteiger partial charge in [0, 0.05) is 26.7 Å². The highest BCUT2D eigenvalue weighted by molar-refractivity contribution is 7.92. The summed E-state index contributed by atoms with van der Waals surface area (Å²) in [7, 11) is -1.96. The third kappa shape index (κ3) is 2.08. The van der Waals surface area contributed by atoms with Crippen LogP contribution in [0.4, 0.5) is 5.69 Å². The predicted octanol–water partition coefficient (Wildman–Crippen LogP) is 0.719. The first-order valence-electron chi connectivity index (χ1n) is 6.40. The number of benzene rings is 1. The maximum Gasteiger partial charge on any atom is 0.281 e. The minimum atomic E-state index is -3.59. The van der Waals surface area contributed by atoms with Gasteiger partial charge in [0.05, 0.1) is 11.9 Å². The monoisotopic (exact) mass is 292 g/mol. The van der Waals surface area contributed by atoms with E-state index in [4.69, 9.17) is 0 Å². The fraction of sp³-hybridized carbons (Fsp3) is 0.308. The van der Waals surface area contributed by atoms with Crippen LogP contribution in [0.1, 0.15) is 5.56 Å². The number of fused-ring (bicyclic) bond motifs is 1. The van der Waals surface area contributed by atoms with Crippen LogP contribution in [0.3, 0.4) is 0 Å². The number of rotatable bonds is 2. The van der Waals surface area contributed by atoms with Crippen LogP contribution in [-0.2, 0) is 23.6 Å². The Kier molecular flexibility index (Phi) is 3.23. The summed E-state index contributed by atoms with van der Waals surface area (Å²) in [6.07, 6.45) is 1.49. The second-order valence-corrected chi connectivity index (χ2v) is 6.48. The minimum Gasteiger partial charge on any atom is -0.311 e. The maximum atomic E-state index is 12.8. The largest absolute Gasteiger partial charge is 0.311 e. The van der Waals surface area contributed by atoms with Gasteiger partial charge in [0.1, 0.15) is 0 Å². The molecule has 1 aromatic heterocycles. The molecular weight excluding hydrogens is 276 g/mol. The van der Waals surface area contributed by atoms with E-state index in [2.05, 4.69) is 10.4 Å². The summed E-state index contributed by atoms with van der Waals surface area (Å²) in [5.41, 5.74) is 1.72. The third-order valence-electron chi connectivity index (χ3n) is 3.40. The van der Waals surface area contributed by atoms with E-state index in [1.165, 1.54) is 21.3 Å². The third-order valence-corrected chi connectivity index (χ3v) is 5.29. The van der Waals surface area contributed by atoms with Crippen molar-refractivity contribution in [3.63, 3.8) is 0 Å². The quantitative estimate of drug-likeness (QED) is 0.885. The number of nitrogens with zero attached hydrogens (tertiary/aromatic N) is 3. The molecule has 106 valence electrons. The van der Waals surface area contributed by atoms with E-state index in [0.29, 0.717) is 19.6 Å². The molecule has 6 nitrogen and oxygen atoms in total. The van der Waals surface area contributed by atoms with Crippen molar-refractivity contribution >= 4 is 15.7 Å². The lowest BCUT2D eigenvalue weighted by Gasteiger charge is -2.23. The van der Waals surface area contributed by atoms with Gasteiger partial charge in [0.15, 0.2) is 5.03 Å². The van der Waals surface area contributed by atoms with Gasteiger partial charge in [-0.05, 0) is 17.7 Å². The molecule has 1 aliphatic heterocycles. The molecule has 0 fully saturated rings. The Balaban J connectivity index is 2.12. The van der Waals surface area contributed by atoms with Gasteiger partial charge in [-0.25, -0.2) is 0 Å². The van der Waals surface area contributed by atoms with E-state index in [0.717, 1.165) is 11.3 Å². The second kappa shape index (κ2) is 4.92. The lowest BCUT2D eigenvalue weighted by atomic mass is 10.2. The summed E-state index contributed by atoms with van der Waals surface area (Å²) in [6.45, 7) is 1.70. The van der Waals surface area contributed by atoms with Gasteiger partial charge in [-0.1, -0.05) is 18.2 Å². The van der Waals surface area contributed by atoms with Gasteiger partial charge in [-0.15, -0.1) is 0 Å². The van der Waals surface area contributed by atoms with Crippen molar-refractivity contribution in [1.29, 1.82) is 0 Å². The average molecular weight is 292 g/mol. The fourth-order valence-electron chi connectivity index (χ4n) is 2.41. The standard InChI is InChI=1S/C13H16N4O2S/c1-16-13(6-7-15-16)20(18,19)17-9-8-14-10-11-4-2-3-5-12(11)17/h2-7,14H,8-10H2,1H3. The molecule has 0 atom stereocenters. The lowest BCUT2D eigenvalue weighted by molar-refractivity contribution is 0.571. The molecule has 0 unspecified atom stereocenters. The van der Waals surface area contributed by atoms with Gasteiger partial charge in [0.2, 0.25) is 0 Å². The second-order valence-electron chi connectivity index (χ2n) is 4.68. The van der Waals surface area contributed by atoms with Crippen LogP contribution in [0.5, 0.6) is 0 Å². The predicted molar refractivity (Wildman–Crippen MR) is 75.9 cm³/mol. The number of nitrogens with one attached hydrogen (secondary N) is 1. The summed E-state index contributed by atoms with van der Waals surface area (Å²) < 4.78 is 28.5. The zero-order valence-corrected chi connectivity index (χ0v) is 12.0. The van der Waals surface area contributed by atoms with Gasteiger partial charge < -0.3 is 5.32 Å². The van der Waals surface area contributed by atoms with Crippen LogP contribution in [0.15, 0.2) is 41.6 Å². The number of hydrogen-bond donors (Lipinski definition) is 1. The number of hydrogen-bond acceptors (Lipinski definition) is 4. The first-order chi connectivity index (χ1) is 9.60. The molecule has 0 amide bonds. The van der Waals surface area contributed by atoms with Gasteiger partial charge >= 0.3 is 0 Å². The Labute approximate surface area is 118 Å². The number of aromatic nitrogens is 2. The van der Waals surface area contributed by atoms with Crippen LogP contribution in [0, 0.1) is 0 Å². The summed E-state index contributed by atoms with van der Waals surface area (Å²) in [5.74, 6) is 0. The Morgan fingerprint density at radius 1 is 1.25 bits per heavy atom. The van der Waals surface area contributed by atoms with Crippen LogP contribution in [0.25, 0.3) is 0 Å². The van der Waals surface area contributed by atoms with Crippen LogP contribution >= 0.6 is 0 Å². The molecule has 3 rings (SSSR count). The van der Waals surface area contributed by atoms with Crippen molar-refractivity contribution in [1.82, 2.24) is 15.1 Å². The molecule has 1 N–H and O–H groups in total. The zero-order chi connectivity index (χ0) is 14.2. The molecular formula is C13H16N4O2S. The van der Waals surface area contributed by atoms with Crippen LogP contribution in [-0.4, -0.2) is 31.3 Å². The fourth-order valence-corrected chi connectivity index (χ4v) is 4.01. The molecule has 7 heteroatoms. The van der Waals surface area contributed by atoms with E-state index >= 15 is 0 Å². The van der Waals surface area contributed by atoms with Crippen molar-refractivity contribution in [3.05, 3.63) is 42.1 Å². The minimum absolute atomic E-state index is 0.203. The number of sulfonamides is 1. The molecule has 0 spiro atoms. The molecule has 0 saturated carbocycles. The van der Waals surface area contributed by atoms with Crippen molar-refractivity contribution in [2.24, 2.45) is 7.05 Å². The van der Waals surface area contributed by atoms with Crippen molar-refractivity contribution in [3.8, 4) is 0 Å². The molecule has 2 aromatic rings. The summed E-state index contributed by atoms with van der Waals surface area (Å²) >= 11 is 0. The molecule has 0 radical (unpaired) electrons. The first-order valence-corrected chi connectivity index (χ1v) is 7.84. The van der Waals surface area contributed by atoms with E-state index in [-0.39, 0.29) is 5.03 Å². The van der Waals surface area contributed by atoms with Crippen LogP contribution in [0.2, 0.25) is 0 Å². The van der Waals surface area contributed by atoms with Gasteiger partial charge in [-0.3, -0.25) is 8.99 Å². The van der Waals surface area contributed by atoms with E-state index in [9.17, 15) is 8.42 Å². The van der Waals surface area contributed by atoms with Gasteiger partial charge in [0.25, 0.3) is 10.0 Å². The van der Waals surface area contributed by atoms with Crippen molar-refractivity contribution in [2.75, 3.05) is 17.4 Å². The average Bonchev–Trinajstić information content (AvgIpc) is 2.75. The molecule has 2 heterocycles. The zero-order valence-electron chi connectivity index (χ0n) is 11.2. The topological polar surface area (TPSA) is 67.2 Å². The highest BCUT2D eigenvalue weighted by Gasteiger charge is 2.29. The highest BCUT2D eigenvalue weighted by Crippen LogP contribution is 2.27. The van der Waals surface area contributed by atoms with Gasteiger partial charge in [-0.2, -0.15) is 13.5 Å². The Bertz CT molecular complexity index is 723. The van der Waals surface area contributed by atoms with E-state index < -0.39 is 10.0 Å². The summed E-state index contributed by atoms with van der Waals surface area (Å²) in [4.78, 5) is 0. The molecule has 20 heavy (non-hydrogen) atoms. The van der Waals surface area contributed by atoms with E-state index in [1.54, 1.807) is 7.05 Å². The summed E-state index contributed by atoms with van der Waals surface area (Å²) in [6, 6.07) is 9.09. The van der Waals surface area contributed by atoms with Crippen molar-refractivity contribution in [2.45, 2.75) is 11.6 Å². The highest BCUT2D eigenvalue weighted by atomic mass is 32.2. The smallest absolute Gasteiger partial charge is 0.281 e. The number of para-hydroxylation sites is 1. The SMILES string of the molecule is Cn1nccc1S(=O)(=O)N1CCNCc2ccccc21. The maximum absolute atomic E-state index is 12.8. The summed E-state index contributed by atoms with van der Waals surface area (Å²) in [5, 5.41) is 7.39. The first kappa shape index (κ1) is 13.1. The van der Waals surface area contributed by atoms with E-state index in [1.807, 2.05) is 24.3 Å². The Hall–Kier alpha value is -1.86. The molecule has 0 saturated heterocycles. The van der Waals surface area contributed by atoms with Crippen LogP contribution < -0.4 is 9.62 Å². The molecule has 1 aliphatic rings. The number of anilines is 1. The Morgan fingerprint density at radius 2 is 2.05 bits per heavy atom. The normalized spacial score (nSPS) is 15.8. The van der Waals surface area contributed by atoms with Crippen molar-refractivity contribution < 1.29 is 8.42 Å².